The number of aromatic nitrogens is 2. The molecule has 0 saturated heterocycles. The van der Waals surface area contributed by atoms with Gasteiger partial charge in [0.15, 0.2) is 0 Å². The summed E-state index contributed by atoms with van der Waals surface area (Å²) in [6, 6.07) is 9.85. The Kier molecular flexibility index (Phi) is 4.30. The van der Waals surface area contributed by atoms with E-state index in [0.717, 1.165) is 11.1 Å². The van der Waals surface area contributed by atoms with Crippen molar-refractivity contribution >= 4 is 26.8 Å². The minimum absolute atomic E-state index is 0.0336. The standard InChI is InChI=1S/C20H19N3O4S/c1-13-12-22-18(27-2)11-15(13)20(8-9-20)19(24)23-28(25,26)17-7-3-6-16-14(17)5-4-10-21-16/h3-7,10-12H,8-9H2,1-2H3,(H,23,24). The van der Waals surface area contributed by atoms with E-state index < -0.39 is 21.3 Å². The summed E-state index contributed by atoms with van der Waals surface area (Å²) in [5, 5.41) is 0.469. The zero-order valence-corrected chi connectivity index (χ0v) is 16.3. The van der Waals surface area contributed by atoms with Crippen LogP contribution in [0.1, 0.15) is 24.0 Å². The second kappa shape index (κ2) is 6.56. The summed E-state index contributed by atoms with van der Waals surface area (Å²) in [5.41, 5.74) is 1.23. The fourth-order valence-electron chi connectivity index (χ4n) is 3.46. The molecule has 1 fully saturated rings. The van der Waals surface area contributed by atoms with Crippen LogP contribution < -0.4 is 9.46 Å². The average molecular weight is 397 g/mol. The molecule has 2 heterocycles. The quantitative estimate of drug-likeness (QED) is 0.710. The Morgan fingerprint density at radius 2 is 1.96 bits per heavy atom. The average Bonchev–Trinajstić information content (AvgIpc) is 3.49. The summed E-state index contributed by atoms with van der Waals surface area (Å²) < 4.78 is 33.4. The molecule has 1 aliphatic carbocycles. The number of carbonyl (C=O) groups is 1. The van der Waals surface area contributed by atoms with Gasteiger partial charge in [-0.15, -0.1) is 0 Å². The number of benzene rings is 1. The normalized spacial score (nSPS) is 15.2. The molecule has 1 saturated carbocycles. The number of pyridine rings is 2. The maximum Gasteiger partial charge on any atom is 0.264 e. The van der Waals surface area contributed by atoms with Crippen molar-refractivity contribution in [3.05, 3.63) is 59.9 Å². The third-order valence-electron chi connectivity index (χ3n) is 5.11. The number of rotatable bonds is 5. The summed E-state index contributed by atoms with van der Waals surface area (Å²) in [5.74, 6) is -0.146. The molecule has 3 aromatic rings. The molecule has 1 aromatic carbocycles. The minimum atomic E-state index is -4.05. The van der Waals surface area contributed by atoms with E-state index in [9.17, 15) is 13.2 Å². The van der Waals surface area contributed by atoms with Gasteiger partial charge in [-0.2, -0.15) is 0 Å². The van der Waals surface area contributed by atoms with Gasteiger partial charge in [-0.05, 0) is 55.2 Å². The first kappa shape index (κ1) is 18.4. The highest BCUT2D eigenvalue weighted by Gasteiger charge is 2.53. The van der Waals surface area contributed by atoms with Crippen LogP contribution in [0.25, 0.3) is 10.9 Å². The first-order chi connectivity index (χ1) is 13.4. The molecular formula is C20H19N3O4S. The van der Waals surface area contributed by atoms with Crippen LogP contribution in [0.3, 0.4) is 0 Å². The molecule has 4 rings (SSSR count). The van der Waals surface area contributed by atoms with E-state index in [-0.39, 0.29) is 4.90 Å². The molecule has 8 heteroatoms. The highest BCUT2D eigenvalue weighted by molar-refractivity contribution is 7.90. The SMILES string of the molecule is COc1cc(C2(C(=O)NS(=O)(=O)c3cccc4ncccc34)CC2)c(C)cn1. The van der Waals surface area contributed by atoms with Crippen LogP contribution >= 0.6 is 0 Å². The summed E-state index contributed by atoms with van der Waals surface area (Å²) in [6.07, 6.45) is 4.36. The first-order valence-electron chi connectivity index (χ1n) is 8.79. The third kappa shape index (κ3) is 2.99. The molecule has 1 N–H and O–H groups in total. The maximum atomic E-state index is 13.0. The van der Waals surface area contributed by atoms with E-state index >= 15 is 0 Å². The van der Waals surface area contributed by atoms with E-state index in [1.165, 1.54) is 13.2 Å². The van der Waals surface area contributed by atoms with Gasteiger partial charge in [-0.1, -0.05) is 6.07 Å². The fourth-order valence-corrected chi connectivity index (χ4v) is 4.73. The molecule has 2 aromatic heterocycles. The van der Waals surface area contributed by atoms with Gasteiger partial charge in [0.1, 0.15) is 0 Å². The van der Waals surface area contributed by atoms with E-state index in [1.54, 1.807) is 42.7 Å². The van der Waals surface area contributed by atoms with Crippen LogP contribution in [-0.4, -0.2) is 31.4 Å². The maximum absolute atomic E-state index is 13.0. The van der Waals surface area contributed by atoms with Crippen molar-refractivity contribution in [2.75, 3.05) is 7.11 Å². The number of ether oxygens (including phenoxy) is 1. The van der Waals surface area contributed by atoms with Gasteiger partial charge in [-0.3, -0.25) is 9.78 Å². The molecule has 7 nitrogen and oxygen atoms in total. The Balaban J connectivity index is 1.70. The lowest BCUT2D eigenvalue weighted by atomic mass is 9.92. The Morgan fingerprint density at radius 1 is 1.18 bits per heavy atom. The third-order valence-corrected chi connectivity index (χ3v) is 6.50. The first-order valence-corrected chi connectivity index (χ1v) is 10.3. The topological polar surface area (TPSA) is 98.2 Å². The molecule has 0 radical (unpaired) electrons. The highest BCUT2D eigenvalue weighted by Crippen LogP contribution is 2.50. The van der Waals surface area contributed by atoms with Gasteiger partial charge >= 0.3 is 0 Å². The summed E-state index contributed by atoms with van der Waals surface area (Å²) in [6.45, 7) is 1.85. The number of nitrogens with zero attached hydrogens (tertiary/aromatic N) is 2. The van der Waals surface area contributed by atoms with Crippen molar-refractivity contribution in [2.24, 2.45) is 0 Å². The van der Waals surface area contributed by atoms with Crippen LogP contribution in [0.5, 0.6) is 5.88 Å². The van der Waals surface area contributed by atoms with E-state index in [0.29, 0.717) is 29.6 Å². The zero-order chi connectivity index (χ0) is 19.9. The van der Waals surface area contributed by atoms with Gasteiger partial charge < -0.3 is 4.74 Å². The molecule has 0 atom stereocenters. The number of sulfonamides is 1. The van der Waals surface area contributed by atoms with Crippen molar-refractivity contribution in [1.29, 1.82) is 0 Å². The summed E-state index contributed by atoms with van der Waals surface area (Å²) in [4.78, 5) is 21.4. The Labute approximate surface area is 162 Å². The van der Waals surface area contributed by atoms with Gasteiger partial charge in [0, 0.05) is 23.8 Å². The van der Waals surface area contributed by atoms with Crippen LogP contribution in [0, 0.1) is 6.92 Å². The molecule has 0 unspecified atom stereocenters. The summed E-state index contributed by atoms with van der Waals surface area (Å²) in [7, 11) is -2.55. The van der Waals surface area contributed by atoms with Crippen LogP contribution in [0.4, 0.5) is 0 Å². The van der Waals surface area contributed by atoms with Crippen molar-refractivity contribution in [3.8, 4) is 5.88 Å². The van der Waals surface area contributed by atoms with Gasteiger partial charge in [0.05, 0.1) is 22.9 Å². The van der Waals surface area contributed by atoms with Crippen molar-refractivity contribution in [1.82, 2.24) is 14.7 Å². The predicted molar refractivity (Wildman–Crippen MR) is 104 cm³/mol. The molecule has 1 aliphatic rings. The second-order valence-electron chi connectivity index (χ2n) is 6.88. The van der Waals surface area contributed by atoms with E-state index in [2.05, 4.69) is 14.7 Å². The Bertz CT molecular complexity index is 1180. The van der Waals surface area contributed by atoms with E-state index in [4.69, 9.17) is 4.74 Å². The van der Waals surface area contributed by atoms with Crippen LogP contribution in [0.2, 0.25) is 0 Å². The molecule has 144 valence electrons. The lowest BCUT2D eigenvalue weighted by Gasteiger charge is -2.19. The molecule has 1 amide bonds. The van der Waals surface area contributed by atoms with Gasteiger partial charge in [0.25, 0.3) is 10.0 Å². The molecule has 0 spiro atoms. The van der Waals surface area contributed by atoms with Crippen molar-refractivity contribution in [2.45, 2.75) is 30.1 Å². The number of amides is 1. The number of hydrogen-bond donors (Lipinski definition) is 1. The molecule has 0 aliphatic heterocycles. The fraction of sp³-hybridized carbons (Fsp3) is 0.250. The number of carbonyl (C=O) groups excluding carboxylic acids is 1. The number of nitrogens with one attached hydrogen (secondary N) is 1. The van der Waals surface area contributed by atoms with Crippen molar-refractivity contribution < 1.29 is 17.9 Å². The number of fused-ring (bicyclic) bond motifs is 1. The van der Waals surface area contributed by atoms with Crippen molar-refractivity contribution in [3.63, 3.8) is 0 Å². The lowest BCUT2D eigenvalue weighted by Crippen LogP contribution is -2.39. The Hall–Kier alpha value is -3.00. The number of aryl methyl sites for hydroxylation is 1. The zero-order valence-electron chi connectivity index (χ0n) is 15.5. The van der Waals surface area contributed by atoms with Crippen LogP contribution in [0.15, 0.2) is 53.7 Å². The smallest absolute Gasteiger partial charge is 0.264 e. The summed E-state index contributed by atoms with van der Waals surface area (Å²) >= 11 is 0. The van der Waals surface area contributed by atoms with E-state index in [1.807, 2.05) is 6.92 Å². The second-order valence-corrected chi connectivity index (χ2v) is 8.54. The van der Waals surface area contributed by atoms with Gasteiger partial charge in [0.2, 0.25) is 11.8 Å². The number of hydrogen-bond acceptors (Lipinski definition) is 6. The lowest BCUT2D eigenvalue weighted by molar-refractivity contribution is -0.121. The molecule has 0 bridgehead atoms. The number of methoxy groups -OCH3 is 1. The molecular weight excluding hydrogens is 378 g/mol. The predicted octanol–water partition coefficient (Wildman–Crippen LogP) is 2.48. The Morgan fingerprint density at radius 3 is 2.68 bits per heavy atom. The monoisotopic (exact) mass is 397 g/mol. The molecule has 28 heavy (non-hydrogen) atoms. The highest BCUT2D eigenvalue weighted by atomic mass is 32.2. The van der Waals surface area contributed by atoms with Gasteiger partial charge in [-0.25, -0.2) is 18.1 Å². The van der Waals surface area contributed by atoms with Crippen LogP contribution in [-0.2, 0) is 20.2 Å². The largest absolute Gasteiger partial charge is 0.481 e. The minimum Gasteiger partial charge on any atom is -0.481 e.